The average molecular weight is 837 g/mol. The van der Waals surface area contributed by atoms with E-state index in [-0.39, 0.29) is 23.0 Å². The predicted molar refractivity (Wildman–Crippen MR) is 224 cm³/mol. The summed E-state index contributed by atoms with van der Waals surface area (Å²) in [5.41, 5.74) is 2.91. The van der Waals surface area contributed by atoms with Gasteiger partial charge in [0.25, 0.3) is 17.6 Å². The monoisotopic (exact) mass is 836 g/mol. The van der Waals surface area contributed by atoms with E-state index in [1.807, 2.05) is 30.3 Å². The zero-order chi connectivity index (χ0) is 42.8. The third kappa shape index (κ3) is 12.1. The number of benzene rings is 1. The van der Waals surface area contributed by atoms with Gasteiger partial charge >= 0.3 is 0 Å². The number of hydrogen-bond acceptors (Lipinski definition) is 14. The number of likely N-dealkylation sites (tertiary alicyclic amines) is 1. The van der Waals surface area contributed by atoms with Gasteiger partial charge in [0.1, 0.15) is 18.7 Å². The Morgan fingerprint density at radius 1 is 0.869 bits per heavy atom. The summed E-state index contributed by atoms with van der Waals surface area (Å²) in [5, 5.41) is 17.5. The second kappa shape index (κ2) is 23.1. The quantitative estimate of drug-likeness (QED) is 0.0383. The maximum Gasteiger partial charge on any atom is 0.295 e. The maximum atomic E-state index is 13.7. The van der Waals surface area contributed by atoms with Crippen LogP contribution in [-0.4, -0.2) is 176 Å². The Morgan fingerprint density at radius 2 is 1.52 bits per heavy atom. The number of nitrogens with one attached hydrogen (secondary N) is 2. The number of allylic oxidation sites excluding steroid dienone is 1. The first kappa shape index (κ1) is 44.6. The van der Waals surface area contributed by atoms with Gasteiger partial charge in [-0.15, -0.1) is 11.5 Å². The van der Waals surface area contributed by atoms with Crippen molar-refractivity contribution in [3.63, 3.8) is 0 Å². The first-order chi connectivity index (χ1) is 29.9. The van der Waals surface area contributed by atoms with Gasteiger partial charge in [0.15, 0.2) is 5.82 Å². The molecule has 2 N–H and O–H groups in total. The number of carbonyl (C=O) groups excluding carboxylic acids is 3. The van der Waals surface area contributed by atoms with E-state index >= 15 is 0 Å². The number of Topliss-reactive ketones (excluding diaryl/α,β-unsaturated/α-hetero) is 1. The van der Waals surface area contributed by atoms with E-state index in [0.29, 0.717) is 108 Å². The number of nitriles is 1. The minimum absolute atomic E-state index is 0.0418. The molecular formula is C43H52N10O8. The van der Waals surface area contributed by atoms with Crippen LogP contribution in [0.25, 0.3) is 22.3 Å². The van der Waals surface area contributed by atoms with Crippen molar-refractivity contribution >= 4 is 34.1 Å². The maximum absolute atomic E-state index is 13.7. The van der Waals surface area contributed by atoms with E-state index in [2.05, 4.69) is 47.2 Å². The Balaban J connectivity index is 0.928. The van der Waals surface area contributed by atoms with Gasteiger partial charge in [-0.2, -0.15) is 9.94 Å². The summed E-state index contributed by atoms with van der Waals surface area (Å²) >= 11 is 0. The van der Waals surface area contributed by atoms with Gasteiger partial charge in [-0.1, -0.05) is 36.3 Å². The summed E-state index contributed by atoms with van der Waals surface area (Å²) in [6, 6.07) is 11.8. The zero-order valence-corrected chi connectivity index (χ0v) is 34.5. The molecule has 2 amide bonds. The molecule has 61 heavy (non-hydrogen) atoms. The molecule has 0 atom stereocenters. The third-order valence-corrected chi connectivity index (χ3v) is 10.4. The van der Waals surface area contributed by atoms with Gasteiger partial charge in [-0.3, -0.25) is 24.2 Å². The number of carbonyl (C=O) groups is 3. The molecule has 1 aromatic carbocycles. The molecular weight excluding hydrogens is 785 g/mol. The van der Waals surface area contributed by atoms with E-state index in [1.54, 1.807) is 0 Å². The Bertz CT molecular complexity index is 2190. The first-order valence-electron chi connectivity index (χ1n) is 20.4. The standard InChI is InChI=1S/C43H52N10O8/c1-3-20-58-22-24-60-26-27-61-25-23-59-21-19-51-17-15-50(16-18-51)14-11-45-42(55)40-48-31-53(49-40)41-38-37(36(57-2)30-47-41)35(29-46-38)39(54)43(56)52-12-9-33(10-13-52)34(28-44)32-7-5-4-6-8-32/h1,4-8,29-31,46H,9-27H2,2H3,(H,45,55). The van der Waals surface area contributed by atoms with Crippen LogP contribution < -0.4 is 10.1 Å². The molecule has 0 radical (unpaired) electrons. The van der Waals surface area contributed by atoms with Crippen molar-refractivity contribution in [1.82, 2.24) is 44.7 Å². The molecule has 2 fully saturated rings. The molecule has 18 nitrogen and oxygen atoms in total. The van der Waals surface area contributed by atoms with Crippen LogP contribution in [0.3, 0.4) is 0 Å². The van der Waals surface area contributed by atoms with Crippen molar-refractivity contribution in [3.8, 4) is 30.0 Å². The van der Waals surface area contributed by atoms with Crippen LogP contribution in [-0.2, 0) is 23.7 Å². The number of piperazine rings is 1. The van der Waals surface area contributed by atoms with Crippen molar-refractivity contribution in [2.75, 3.05) is 119 Å². The number of aromatic amines is 1. The van der Waals surface area contributed by atoms with Crippen LogP contribution >= 0.6 is 0 Å². The number of pyridine rings is 1. The lowest BCUT2D eigenvalue weighted by Gasteiger charge is -2.34. The van der Waals surface area contributed by atoms with Crippen LogP contribution in [0.5, 0.6) is 5.75 Å². The third-order valence-electron chi connectivity index (χ3n) is 10.4. The second-order valence-electron chi connectivity index (χ2n) is 14.2. The molecule has 322 valence electrons. The largest absolute Gasteiger partial charge is 0.494 e. The molecule has 2 aliphatic rings. The van der Waals surface area contributed by atoms with Crippen molar-refractivity contribution in [2.24, 2.45) is 0 Å². The highest BCUT2D eigenvalue weighted by Gasteiger charge is 2.30. The number of ketones is 1. The SMILES string of the molecule is C#CCOCCOCCOCCOCCN1CCN(CCNC(=O)c2ncn(-c3ncc(OC)c4c(C(=O)C(=O)N5CCC(=C(C#N)c6ccccc6)CC5)c[nH]c34)n2)CC1. The number of piperidine rings is 1. The van der Waals surface area contributed by atoms with Crippen LogP contribution in [0, 0.1) is 23.7 Å². The van der Waals surface area contributed by atoms with Crippen LogP contribution in [0.2, 0.25) is 0 Å². The van der Waals surface area contributed by atoms with Gasteiger partial charge in [0.2, 0.25) is 5.82 Å². The lowest BCUT2D eigenvalue weighted by atomic mass is 9.93. The van der Waals surface area contributed by atoms with Gasteiger partial charge < -0.3 is 38.9 Å². The number of nitrogens with zero attached hydrogens (tertiary/aromatic N) is 8. The number of methoxy groups -OCH3 is 1. The molecule has 0 unspecified atom stereocenters. The van der Waals surface area contributed by atoms with Crippen molar-refractivity contribution in [1.29, 1.82) is 5.26 Å². The van der Waals surface area contributed by atoms with E-state index in [9.17, 15) is 19.6 Å². The van der Waals surface area contributed by atoms with Crippen LogP contribution in [0.1, 0.15) is 39.4 Å². The van der Waals surface area contributed by atoms with Crippen molar-refractivity contribution < 1.29 is 38.1 Å². The lowest BCUT2D eigenvalue weighted by molar-refractivity contribution is -0.126. The molecule has 0 saturated carbocycles. The average Bonchev–Trinajstić information content (AvgIpc) is 3.98. The topological polar surface area (TPSA) is 202 Å². The summed E-state index contributed by atoms with van der Waals surface area (Å²) < 4.78 is 28.7. The fourth-order valence-electron chi connectivity index (χ4n) is 7.15. The molecule has 2 aliphatic heterocycles. The molecule has 0 spiro atoms. The molecule has 3 aromatic heterocycles. The number of ether oxygens (including phenoxy) is 5. The van der Waals surface area contributed by atoms with E-state index < -0.39 is 17.6 Å². The first-order valence-corrected chi connectivity index (χ1v) is 20.4. The van der Waals surface area contributed by atoms with Crippen LogP contribution in [0.4, 0.5) is 0 Å². The summed E-state index contributed by atoms with van der Waals surface area (Å²) in [6.45, 7) is 10.0. The van der Waals surface area contributed by atoms with E-state index in [4.69, 9.17) is 30.1 Å². The van der Waals surface area contributed by atoms with Gasteiger partial charge in [0.05, 0.1) is 87.7 Å². The second-order valence-corrected chi connectivity index (χ2v) is 14.2. The number of rotatable bonds is 22. The number of H-pyrrole nitrogens is 1. The van der Waals surface area contributed by atoms with Gasteiger partial charge in [-0.05, 0) is 24.0 Å². The van der Waals surface area contributed by atoms with Gasteiger partial charge in [0, 0.05) is 65.1 Å². The van der Waals surface area contributed by atoms with Crippen molar-refractivity contribution in [2.45, 2.75) is 12.8 Å². The number of fused-ring (bicyclic) bond motifs is 1. The lowest BCUT2D eigenvalue weighted by Crippen LogP contribution is -2.49. The molecule has 18 heteroatoms. The number of aromatic nitrogens is 5. The number of hydrogen-bond donors (Lipinski definition) is 2. The van der Waals surface area contributed by atoms with Crippen LogP contribution in [0.15, 0.2) is 54.6 Å². The molecule has 6 rings (SSSR count). The highest BCUT2D eigenvalue weighted by atomic mass is 16.6. The summed E-state index contributed by atoms with van der Waals surface area (Å²) in [7, 11) is 1.45. The fourth-order valence-corrected chi connectivity index (χ4v) is 7.15. The Kier molecular flexibility index (Phi) is 16.9. The van der Waals surface area contributed by atoms with Crippen molar-refractivity contribution in [3.05, 3.63) is 71.6 Å². The Morgan fingerprint density at radius 3 is 2.18 bits per heavy atom. The Labute approximate surface area is 354 Å². The Hall–Kier alpha value is -5.99. The minimum Gasteiger partial charge on any atom is -0.494 e. The summed E-state index contributed by atoms with van der Waals surface area (Å²) in [6.07, 6.45) is 10.4. The van der Waals surface area contributed by atoms with E-state index in [1.165, 1.54) is 35.4 Å². The molecule has 0 bridgehead atoms. The normalized spacial score (nSPS) is 14.7. The van der Waals surface area contributed by atoms with Gasteiger partial charge in [-0.25, -0.2) is 9.97 Å². The smallest absolute Gasteiger partial charge is 0.295 e. The van der Waals surface area contributed by atoms with E-state index in [0.717, 1.165) is 43.9 Å². The highest BCUT2D eigenvalue weighted by Crippen LogP contribution is 2.32. The molecule has 5 heterocycles. The highest BCUT2D eigenvalue weighted by molar-refractivity contribution is 6.45. The minimum atomic E-state index is -0.706. The molecule has 4 aromatic rings. The summed E-state index contributed by atoms with van der Waals surface area (Å²) in [4.78, 5) is 58.2. The zero-order valence-electron chi connectivity index (χ0n) is 34.5. The predicted octanol–water partition coefficient (Wildman–Crippen LogP) is 1.98. The number of terminal acetylenes is 1. The molecule has 0 aliphatic carbocycles. The number of amides is 2. The fraction of sp³-hybridized carbons (Fsp3) is 0.465. The molecule has 2 saturated heterocycles. The summed E-state index contributed by atoms with van der Waals surface area (Å²) in [5.74, 6) is 1.13.